The topological polar surface area (TPSA) is 53.5 Å². The molecule has 0 amide bonds. The predicted molar refractivity (Wildman–Crippen MR) is 41.8 cm³/mol. The molecule has 0 saturated heterocycles. The van der Waals surface area contributed by atoms with Gasteiger partial charge in [-0.2, -0.15) is 18.7 Å². The Morgan fingerprint density at radius 2 is 2.00 bits per heavy atom. The second-order valence-electron chi connectivity index (χ2n) is 2.11. The molecule has 0 unspecified atom stereocenters. The zero-order valence-electron chi connectivity index (χ0n) is 7.53. The van der Waals surface area contributed by atoms with Gasteiger partial charge in [-0.25, -0.2) is 0 Å². The summed E-state index contributed by atoms with van der Waals surface area (Å²) in [6.07, 6.45) is 1.05. The summed E-state index contributed by atoms with van der Waals surface area (Å²) < 4.78 is 37.2. The summed E-state index contributed by atoms with van der Waals surface area (Å²) in [5.74, 6) is -0.333. The van der Waals surface area contributed by atoms with Gasteiger partial charge in [0.05, 0.1) is 20.4 Å². The maximum absolute atomic E-state index is 11.9. The minimum absolute atomic E-state index is 0.0171. The van der Waals surface area contributed by atoms with E-state index in [1.165, 1.54) is 14.2 Å². The molecule has 0 radical (unpaired) electrons. The first-order valence-corrected chi connectivity index (χ1v) is 3.57. The molecule has 5 nitrogen and oxygen atoms in total. The van der Waals surface area contributed by atoms with Gasteiger partial charge in [-0.15, -0.1) is 0 Å². The SMILES string of the molecule is COc1ncc(OC(F)F)c(OC)n1. The van der Waals surface area contributed by atoms with Crippen LogP contribution in [0.25, 0.3) is 0 Å². The van der Waals surface area contributed by atoms with Gasteiger partial charge in [-0.05, 0) is 0 Å². The van der Waals surface area contributed by atoms with E-state index in [1.54, 1.807) is 0 Å². The Labute approximate surface area is 78.6 Å². The average molecular weight is 206 g/mol. The standard InChI is InChI=1S/C7H8F2N2O3/c1-12-5-4(14-6(8)9)3-10-7(11-5)13-2/h3,6H,1-2H3. The molecule has 78 valence electrons. The fourth-order valence-electron chi connectivity index (χ4n) is 0.761. The van der Waals surface area contributed by atoms with Crippen molar-refractivity contribution >= 4 is 0 Å². The zero-order valence-corrected chi connectivity index (χ0v) is 7.53. The molecule has 0 aliphatic heterocycles. The average Bonchev–Trinajstić information content (AvgIpc) is 2.17. The highest BCUT2D eigenvalue weighted by atomic mass is 19.3. The van der Waals surface area contributed by atoms with Crippen molar-refractivity contribution in [3.63, 3.8) is 0 Å². The highest BCUT2D eigenvalue weighted by Crippen LogP contribution is 2.26. The lowest BCUT2D eigenvalue weighted by Crippen LogP contribution is -2.05. The molecule has 0 saturated carbocycles. The van der Waals surface area contributed by atoms with Crippen LogP contribution < -0.4 is 14.2 Å². The molecular formula is C7H8F2N2O3. The quantitative estimate of drug-likeness (QED) is 0.738. The number of hydrogen-bond acceptors (Lipinski definition) is 5. The summed E-state index contributed by atoms with van der Waals surface area (Å²) in [6.45, 7) is -2.94. The van der Waals surface area contributed by atoms with E-state index in [2.05, 4.69) is 19.4 Å². The van der Waals surface area contributed by atoms with Crippen molar-refractivity contribution in [2.24, 2.45) is 0 Å². The smallest absolute Gasteiger partial charge is 0.387 e. The fraction of sp³-hybridized carbons (Fsp3) is 0.429. The van der Waals surface area contributed by atoms with Gasteiger partial charge in [0.25, 0.3) is 5.88 Å². The molecule has 14 heavy (non-hydrogen) atoms. The molecule has 1 heterocycles. The third-order valence-electron chi connectivity index (χ3n) is 1.29. The van der Waals surface area contributed by atoms with Crippen LogP contribution in [0.1, 0.15) is 0 Å². The highest BCUT2D eigenvalue weighted by Gasteiger charge is 2.13. The first-order valence-electron chi connectivity index (χ1n) is 3.57. The molecule has 0 atom stereocenters. The number of methoxy groups -OCH3 is 2. The Kier molecular flexibility index (Phi) is 3.38. The summed E-state index contributed by atoms with van der Waals surface area (Å²) in [5.41, 5.74) is 0. The normalized spacial score (nSPS) is 10.1. The second-order valence-corrected chi connectivity index (χ2v) is 2.11. The number of rotatable bonds is 4. The molecule has 1 aromatic heterocycles. The molecule has 1 rings (SSSR count). The van der Waals surface area contributed by atoms with Gasteiger partial charge in [0.1, 0.15) is 0 Å². The van der Waals surface area contributed by atoms with Crippen LogP contribution >= 0.6 is 0 Å². The summed E-state index contributed by atoms with van der Waals surface area (Å²) in [6, 6.07) is 0.0171. The van der Waals surface area contributed by atoms with E-state index in [-0.39, 0.29) is 17.6 Å². The molecule has 0 aliphatic rings. The van der Waals surface area contributed by atoms with Gasteiger partial charge in [-0.1, -0.05) is 0 Å². The van der Waals surface area contributed by atoms with Crippen LogP contribution in [-0.4, -0.2) is 30.8 Å². The van der Waals surface area contributed by atoms with Gasteiger partial charge < -0.3 is 14.2 Å². The number of nitrogens with zero attached hydrogens (tertiary/aromatic N) is 2. The van der Waals surface area contributed by atoms with E-state index in [0.29, 0.717) is 0 Å². The van der Waals surface area contributed by atoms with E-state index in [4.69, 9.17) is 4.74 Å². The lowest BCUT2D eigenvalue weighted by molar-refractivity contribution is -0.0519. The van der Waals surface area contributed by atoms with E-state index in [0.717, 1.165) is 6.20 Å². The summed E-state index contributed by atoms with van der Waals surface area (Å²) in [7, 11) is 2.63. The first kappa shape index (κ1) is 10.4. The lowest BCUT2D eigenvalue weighted by Gasteiger charge is -2.08. The molecule has 0 aliphatic carbocycles. The van der Waals surface area contributed by atoms with Crippen molar-refractivity contribution in [3.8, 4) is 17.6 Å². The predicted octanol–water partition coefficient (Wildman–Crippen LogP) is 1.10. The number of hydrogen-bond donors (Lipinski definition) is 0. The van der Waals surface area contributed by atoms with Crippen molar-refractivity contribution in [2.75, 3.05) is 14.2 Å². The minimum atomic E-state index is -2.94. The van der Waals surface area contributed by atoms with Crippen LogP contribution in [0.2, 0.25) is 0 Å². The van der Waals surface area contributed by atoms with Crippen LogP contribution in [0.3, 0.4) is 0 Å². The Morgan fingerprint density at radius 3 is 2.50 bits per heavy atom. The maximum atomic E-state index is 11.9. The molecule has 7 heteroatoms. The number of aromatic nitrogens is 2. The molecule has 1 aromatic rings. The molecule has 0 spiro atoms. The maximum Gasteiger partial charge on any atom is 0.387 e. The van der Waals surface area contributed by atoms with Crippen LogP contribution in [0.4, 0.5) is 8.78 Å². The van der Waals surface area contributed by atoms with Crippen molar-refractivity contribution in [2.45, 2.75) is 6.61 Å². The largest absolute Gasteiger partial charge is 0.478 e. The van der Waals surface area contributed by atoms with Crippen molar-refractivity contribution in [1.82, 2.24) is 9.97 Å². The van der Waals surface area contributed by atoms with Gasteiger partial charge in [0, 0.05) is 0 Å². The van der Waals surface area contributed by atoms with Crippen LogP contribution in [0, 0.1) is 0 Å². The molecule has 0 aromatic carbocycles. The molecule has 0 bridgehead atoms. The van der Waals surface area contributed by atoms with Gasteiger partial charge in [-0.3, -0.25) is 0 Å². The van der Waals surface area contributed by atoms with Crippen molar-refractivity contribution in [3.05, 3.63) is 6.20 Å². The van der Waals surface area contributed by atoms with Gasteiger partial charge >= 0.3 is 12.6 Å². The monoisotopic (exact) mass is 206 g/mol. The molecular weight excluding hydrogens is 198 g/mol. The van der Waals surface area contributed by atoms with Crippen molar-refractivity contribution < 1.29 is 23.0 Å². The third kappa shape index (κ3) is 2.41. The number of ether oxygens (including phenoxy) is 3. The Morgan fingerprint density at radius 1 is 1.29 bits per heavy atom. The van der Waals surface area contributed by atoms with Crippen LogP contribution in [0.15, 0.2) is 6.20 Å². The Balaban J connectivity index is 2.93. The fourth-order valence-corrected chi connectivity index (χ4v) is 0.761. The van der Waals surface area contributed by atoms with Gasteiger partial charge in [0.2, 0.25) is 5.75 Å². The molecule has 0 fully saturated rings. The lowest BCUT2D eigenvalue weighted by atomic mass is 10.5. The first-order chi connectivity index (χ1) is 6.67. The van der Waals surface area contributed by atoms with E-state index < -0.39 is 6.61 Å². The minimum Gasteiger partial charge on any atom is -0.478 e. The summed E-state index contributed by atoms with van der Waals surface area (Å²) in [4.78, 5) is 7.24. The third-order valence-corrected chi connectivity index (χ3v) is 1.29. The van der Waals surface area contributed by atoms with Crippen LogP contribution in [-0.2, 0) is 0 Å². The zero-order chi connectivity index (χ0) is 10.6. The van der Waals surface area contributed by atoms with E-state index in [9.17, 15) is 8.78 Å². The summed E-state index contributed by atoms with van der Waals surface area (Å²) >= 11 is 0. The number of halogens is 2. The van der Waals surface area contributed by atoms with E-state index in [1.807, 2.05) is 0 Å². The number of alkyl halides is 2. The van der Waals surface area contributed by atoms with E-state index >= 15 is 0 Å². The Bertz CT molecular complexity index is 309. The second kappa shape index (κ2) is 4.54. The highest BCUT2D eigenvalue weighted by molar-refractivity contribution is 5.31. The molecule has 0 N–H and O–H groups in total. The van der Waals surface area contributed by atoms with Gasteiger partial charge in [0.15, 0.2) is 0 Å². The summed E-state index contributed by atoms with van der Waals surface area (Å²) in [5, 5.41) is 0. The Hall–Kier alpha value is -1.66. The van der Waals surface area contributed by atoms with Crippen molar-refractivity contribution in [1.29, 1.82) is 0 Å². The van der Waals surface area contributed by atoms with Crippen LogP contribution in [0.5, 0.6) is 17.6 Å².